The van der Waals surface area contributed by atoms with Gasteiger partial charge in [0.05, 0.1) is 6.04 Å². The molecule has 0 saturated carbocycles. The molecular formula is C29H49NO7S. The predicted octanol–water partition coefficient (Wildman–Crippen LogP) is 7.08. The largest absolute Gasteiger partial charge is 0.491 e. The van der Waals surface area contributed by atoms with Crippen molar-refractivity contribution in [1.29, 1.82) is 0 Å². The number of para-hydroxylation sites is 1. The molecule has 0 radical (unpaired) electrons. The van der Waals surface area contributed by atoms with E-state index >= 15 is 0 Å². The Balaban J connectivity index is 1.84. The van der Waals surface area contributed by atoms with Crippen molar-refractivity contribution in [2.45, 2.75) is 135 Å². The van der Waals surface area contributed by atoms with Crippen LogP contribution in [-0.2, 0) is 23.5 Å². The minimum atomic E-state index is -4.16. The maximum Gasteiger partial charge on any atom is 0.408 e. The monoisotopic (exact) mass is 555 g/mol. The van der Waals surface area contributed by atoms with Crippen LogP contribution < -0.4 is 10.1 Å². The standard InChI is InChI=1S/C29H49NO7S/c1-5-6-7-8-9-10-11-12-13-14-15-19-22-26-27(37-38(32,33)36-26)25(30-28(31)35-29(2,3)4)23-34-24-20-17-16-18-21-24/h16-18,20-21,25-27H,5-15,19,22-23H2,1-4H3,(H,30,31)/t25-,26+,27-/m0/s1. The molecule has 0 aliphatic carbocycles. The van der Waals surface area contributed by atoms with E-state index in [0.29, 0.717) is 12.2 Å². The third kappa shape index (κ3) is 13.8. The summed E-state index contributed by atoms with van der Waals surface area (Å²) in [4.78, 5) is 12.5. The zero-order chi connectivity index (χ0) is 27.9. The molecule has 8 nitrogen and oxygen atoms in total. The van der Waals surface area contributed by atoms with E-state index in [-0.39, 0.29) is 6.61 Å². The second-order valence-corrected chi connectivity index (χ2v) is 12.4. The van der Waals surface area contributed by atoms with Gasteiger partial charge in [-0.05, 0) is 39.3 Å². The van der Waals surface area contributed by atoms with Crippen LogP contribution in [0.4, 0.5) is 4.79 Å². The van der Waals surface area contributed by atoms with Crippen molar-refractivity contribution in [3.8, 4) is 5.75 Å². The minimum absolute atomic E-state index is 0.00173. The first-order valence-electron chi connectivity index (χ1n) is 14.4. The molecule has 1 amide bonds. The highest BCUT2D eigenvalue weighted by atomic mass is 32.3. The predicted molar refractivity (Wildman–Crippen MR) is 149 cm³/mol. The molecule has 1 aromatic rings. The molecule has 0 bridgehead atoms. The van der Waals surface area contributed by atoms with Crippen LogP contribution in [0.2, 0.25) is 0 Å². The van der Waals surface area contributed by atoms with Crippen LogP contribution in [0.5, 0.6) is 5.75 Å². The van der Waals surface area contributed by atoms with Crippen molar-refractivity contribution in [2.24, 2.45) is 0 Å². The molecule has 1 heterocycles. The fourth-order valence-corrected chi connectivity index (χ4v) is 5.62. The summed E-state index contributed by atoms with van der Waals surface area (Å²) in [6.07, 6.45) is 12.8. The van der Waals surface area contributed by atoms with Gasteiger partial charge in [0.1, 0.15) is 30.2 Å². The van der Waals surface area contributed by atoms with E-state index in [1.165, 1.54) is 57.8 Å². The molecule has 0 unspecified atom stereocenters. The van der Waals surface area contributed by atoms with Crippen LogP contribution in [0.15, 0.2) is 30.3 Å². The molecule has 1 aliphatic heterocycles. The van der Waals surface area contributed by atoms with Crippen molar-refractivity contribution >= 4 is 16.5 Å². The van der Waals surface area contributed by atoms with Gasteiger partial charge in [0.2, 0.25) is 0 Å². The summed E-state index contributed by atoms with van der Waals surface area (Å²) in [6.45, 7) is 7.53. The Hall–Kier alpha value is -1.84. The first kappa shape index (κ1) is 32.4. The third-order valence-electron chi connectivity index (χ3n) is 6.45. The second-order valence-electron chi connectivity index (χ2n) is 11.2. The molecule has 3 atom stereocenters. The van der Waals surface area contributed by atoms with Gasteiger partial charge in [0, 0.05) is 0 Å². The fourth-order valence-electron chi connectivity index (χ4n) is 4.53. The number of nitrogens with one attached hydrogen (secondary N) is 1. The molecule has 218 valence electrons. The minimum Gasteiger partial charge on any atom is -0.491 e. The van der Waals surface area contributed by atoms with E-state index in [0.717, 1.165) is 19.3 Å². The van der Waals surface area contributed by atoms with Gasteiger partial charge >= 0.3 is 16.5 Å². The lowest BCUT2D eigenvalue weighted by Crippen LogP contribution is -2.51. The number of alkyl carbamates (subject to hydrolysis) is 1. The van der Waals surface area contributed by atoms with Crippen LogP contribution >= 0.6 is 0 Å². The Bertz CT molecular complexity index is 886. The average molecular weight is 556 g/mol. The topological polar surface area (TPSA) is 100 Å². The van der Waals surface area contributed by atoms with Crippen molar-refractivity contribution < 1.29 is 31.1 Å². The van der Waals surface area contributed by atoms with Crippen molar-refractivity contribution in [2.75, 3.05) is 6.61 Å². The number of hydrogen-bond donors (Lipinski definition) is 1. The molecule has 9 heteroatoms. The molecule has 0 spiro atoms. The summed E-state index contributed by atoms with van der Waals surface area (Å²) < 4.78 is 46.3. The van der Waals surface area contributed by atoms with Gasteiger partial charge in [-0.1, -0.05) is 102 Å². The third-order valence-corrected chi connectivity index (χ3v) is 7.39. The number of hydrogen-bond acceptors (Lipinski definition) is 7. The Labute approximate surface area is 230 Å². The molecule has 1 aromatic carbocycles. The number of carbonyl (C=O) groups excluding carboxylic acids is 1. The number of amides is 1. The maximum atomic E-state index is 12.5. The van der Waals surface area contributed by atoms with Gasteiger partial charge in [-0.2, -0.15) is 8.42 Å². The number of rotatable bonds is 18. The van der Waals surface area contributed by atoms with Gasteiger partial charge in [-0.3, -0.25) is 0 Å². The van der Waals surface area contributed by atoms with Crippen LogP contribution in [0, 0.1) is 0 Å². The summed E-state index contributed by atoms with van der Waals surface area (Å²) in [5, 5.41) is 2.74. The Kier molecular flexibility index (Phi) is 14.5. The summed E-state index contributed by atoms with van der Waals surface area (Å²) >= 11 is 0. The zero-order valence-electron chi connectivity index (χ0n) is 23.8. The molecule has 1 fully saturated rings. The van der Waals surface area contributed by atoms with E-state index in [2.05, 4.69) is 12.2 Å². The normalized spacial score (nSPS) is 19.7. The summed E-state index contributed by atoms with van der Waals surface area (Å²) in [6, 6.07) is 8.33. The number of benzene rings is 1. The van der Waals surface area contributed by atoms with Crippen LogP contribution in [0.3, 0.4) is 0 Å². The first-order valence-corrected chi connectivity index (χ1v) is 15.7. The van der Waals surface area contributed by atoms with Gasteiger partial charge in [0.25, 0.3) is 0 Å². The van der Waals surface area contributed by atoms with Crippen LogP contribution in [-0.4, -0.2) is 45.0 Å². The van der Waals surface area contributed by atoms with Gasteiger partial charge in [0.15, 0.2) is 0 Å². The number of ether oxygens (including phenoxy) is 2. The lowest BCUT2D eigenvalue weighted by molar-refractivity contribution is 0.0357. The Morgan fingerprint density at radius 1 is 0.895 bits per heavy atom. The maximum absolute atomic E-state index is 12.5. The molecule has 1 N–H and O–H groups in total. The summed E-state index contributed by atoms with van der Waals surface area (Å²) in [7, 11) is -4.16. The van der Waals surface area contributed by atoms with Crippen molar-refractivity contribution in [1.82, 2.24) is 5.32 Å². The molecule has 1 aliphatic rings. The van der Waals surface area contributed by atoms with Crippen LogP contribution in [0.25, 0.3) is 0 Å². The highest BCUT2D eigenvalue weighted by Gasteiger charge is 2.45. The van der Waals surface area contributed by atoms with Gasteiger partial charge < -0.3 is 14.8 Å². The highest BCUT2D eigenvalue weighted by Crippen LogP contribution is 2.28. The zero-order valence-corrected chi connectivity index (χ0v) is 24.6. The van der Waals surface area contributed by atoms with Gasteiger partial charge in [-0.25, -0.2) is 13.2 Å². The second kappa shape index (κ2) is 17.0. The lowest BCUT2D eigenvalue weighted by Gasteiger charge is -2.27. The summed E-state index contributed by atoms with van der Waals surface area (Å²) in [5.74, 6) is 0.600. The fraction of sp³-hybridized carbons (Fsp3) is 0.759. The average Bonchev–Trinajstić information content (AvgIpc) is 3.16. The number of unbranched alkanes of at least 4 members (excludes halogenated alkanes) is 11. The van der Waals surface area contributed by atoms with Crippen molar-refractivity contribution in [3.05, 3.63) is 30.3 Å². The molecule has 1 saturated heterocycles. The first-order chi connectivity index (χ1) is 18.1. The van der Waals surface area contributed by atoms with Crippen molar-refractivity contribution in [3.63, 3.8) is 0 Å². The molecule has 0 aromatic heterocycles. The quantitative estimate of drug-likeness (QED) is 0.193. The molecular weight excluding hydrogens is 506 g/mol. The SMILES string of the molecule is CCCCCCCCCCCCCC[C@H]1OS(=O)(=O)O[C@H]1[C@H](COc1ccccc1)NC(=O)OC(C)(C)C. The van der Waals surface area contributed by atoms with Crippen LogP contribution in [0.1, 0.15) is 111 Å². The van der Waals surface area contributed by atoms with E-state index in [1.807, 2.05) is 18.2 Å². The van der Waals surface area contributed by atoms with E-state index in [1.54, 1.807) is 32.9 Å². The lowest BCUT2D eigenvalue weighted by atomic mass is 9.99. The van der Waals surface area contributed by atoms with E-state index in [4.69, 9.17) is 17.8 Å². The van der Waals surface area contributed by atoms with Gasteiger partial charge in [-0.15, -0.1) is 0 Å². The molecule has 2 rings (SSSR count). The Morgan fingerprint density at radius 2 is 1.45 bits per heavy atom. The van der Waals surface area contributed by atoms with E-state index in [9.17, 15) is 13.2 Å². The highest BCUT2D eigenvalue weighted by molar-refractivity contribution is 7.82. The number of carbonyl (C=O) groups is 1. The smallest absolute Gasteiger partial charge is 0.408 e. The summed E-state index contributed by atoms with van der Waals surface area (Å²) in [5.41, 5.74) is -0.706. The Morgan fingerprint density at radius 3 is 2.00 bits per heavy atom. The van der Waals surface area contributed by atoms with E-state index < -0.39 is 40.3 Å². The molecule has 38 heavy (non-hydrogen) atoms.